The number of rotatable bonds is 7. The Morgan fingerprint density at radius 1 is 1.43 bits per heavy atom. The smallest absolute Gasteiger partial charge is 0.260 e. The summed E-state index contributed by atoms with van der Waals surface area (Å²) in [5.74, 6) is 0.184. The summed E-state index contributed by atoms with van der Waals surface area (Å²) in [7, 11) is 0. The summed E-state index contributed by atoms with van der Waals surface area (Å²) in [6, 6.07) is 6.80. The van der Waals surface area contributed by atoms with Gasteiger partial charge in [0, 0.05) is 29.1 Å². The maximum absolute atomic E-state index is 14.2. The molecule has 0 saturated heterocycles. The van der Waals surface area contributed by atoms with E-state index >= 15 is 0 Å². The minimum atomic E-state index is -1.01. The second kappa shape index (κ2) is 7.24. The van der Waals surface area contributed by atoms with Crippen molar-refractivity contribution in [3.05, 3.63) is 64.3 Å². The number of aromatic nitrogens is 2. The van der Waals surface area contributed by atoms with E-state index in [0.717, 1.165) is 12.8 Å². The number of nitrogens with zero attached hydrogens (tertiary/aromatic N) is 2. The van der Waals surface area contributed by atoms with Crippen molar-refractivity contribution in [1.29, 1.82) is 0 Å². The standard InChI is InChI=1S/C21H22FN3O2S/c1-3-21(2,27)12-25(13-8-9-13)10-17-23-19(26)18-15(11-28-20(18)24-17)14-6-4-5-7-16(14)22/h3-7,11,13,27H,1,8-10,12H2,2H3,(H,23,24,26). The molecule has 2 heterocycles. The number of hydrogen-bond acceptors (Lipinski definition) is 5. The largest absolute Gasteiger partial charge is 0.385 e. The Morgan fingerprint density at radius 3 is 2.86 bits per heavy atom. The van der Waals surface area contributed by atoms with Gasteiger partial charge >= 0.3 is 0 Å². The molecule has 1 aromatic carbocycles. The maximum Gasteiger partial charge on any atom is 0.260 e. The van der Waals surface area contributed by atoms with Crippen molar-refractivity contribution >= 4 is 21.6 Å². The van der Waals surface area contributed by atoms with Crippen LogP contribution in [-0.2, 0) is 6.54 Å². The summed E-state index contributed by atoms with van der Waals surface area (Å²) < 4.78 is 14.2. The molecule has 1 aliphatic rings. The average Bonchev–Trinajstić information content (AvgIpc) is 3.42. The Balaban J connectivity index is 1.68. The third-order valence-corrected chi connectivity index (χ3v) is 5.91. The van der Waals surface area contributed by atoms with E-state index in [-0.39, 0.29) is 11.4 Å². The van der Waals surface area contributed by atoms with E-state index in [1.165, 1.54) is 23.5 Å². The number of nitrogens with one attached hydrogen (secondary N) is 1. The van der Waals surface area contributed by atoms with E-state index in [2.05, 4.69) is 21.4 Å². The highest BCUT2D eigenvalue weighted by molar-refractivity contribution is 7.17. The van der Waals surface area contributed by atoms with Crippen LogP contribution in [0.2, 0.25) is 0 Å². The Kier molecular flexibility index (Phi) is 4.91. The lowest BCUT2D eigenvalue weighted by molar-refractivity contribution is 0.0543. The van der Waals surface area contributed by atoms with Gasteiger partial charge in [0.25, 0.3) is 5.56 Å². The van der Waals surface area contributed by atoms with Gasteiger partial charge in [-0.15, -0.1) is 17.9 Å². The Labute approximate surface area is 166 Å². The monoisotopic (exact) mass is 399 g/mol. The van der Waals surface area contributed by atoms with E-state index in [9.17, 15) is 14.3 Å². The Morgan fingerprint density at radius 2 is 2.18 bits per heavy atom. The molecule has 7 heteroatoms. The van der Waals surface area contributed by atoms with Crippen molar-refractivity contribution < 1.29 is 9.50 Å². The third-order valence-electron chi connectivity index (χ3n) is 5.04. The summed E-state index contributed by atoms with van der Waals surface area (Å²) in [6.07, 6.45) is 3.66. The summed E-state index contributed by atoms with van der Waals surface area (Å²) in [5, 5.41) is 12.5. The number of halogens is 1. The van der Waals surface area contributed by atoms with Gasteiger partial charge < -0.3 is 10.1 Å². The van der Waals surface area contributed by atoms with Gasteiger partial charge in [0.2, 0.25) is 0 Å². The van der Waals surface area contributed by atoms with Crippen molar-refractivity contribution in [2.75, 3.05) is 6.54 Å². The van der Waals surface area contributed by atoms with Gasteiger partial charge in [-0.1, -0.05) is 24.3 Å². The fraction of sp³-hybridized carbons (Fsp3) is 0.333. The second-order valence-corrected chi connectivity index (χ2v) is 8.38. The lowest BCUT2D eigenvalue weighted by atomic mass is 10.1. The molecule has 4 rings (SSSR count). The first-order valence-corrected chi connectivity index (χ1v) is 10.1. The van der Waals surface area contributed by atoms with Crippen molar-refractivity contribution in [1.82, 2.24) is 14.9 Å². The van der Waals surface area contributed by atoms with Gasteiger partial charge in [-0.3, -0.25) is 9.69 Å². The fourth-order valence-corrected chi connectivity index (χ4v) is 4.33. The second-order valence-electron chi connectivity index (χ2n) is 7.52. The van der Waals surface area contributed by atoms with E-state index in [4.69, 9.17) is 0 Å². The van der Waals surface area contributed by atoms with Gasteiger partial charge in [0.1, 0.15) is 16.5 Å². The van der Waals surface area contributed by atoms with Crippen LogP contribution in [0.1, 0.15) is 25.6 Å². The van der Waals surface area contributed by atoms with Crippen LogP contribution >= 0.6 is 11.3 Å². The van der Waals surface area contributed by atoms with E-state index in [0.29, 0.717) is 46.3 Å². The molecular formula is C21H22FN3O2S. The van der Waals surface area contributed by atoms with Crippen LogP contribution < -0.4 is 5.56 Å². The maximum atomic E-state index is 14.2. The zero-order valence-corrected chi connectivity index (χ0v) is 16.4. The lowest BCUT2D eigenvalue weighted by Crippen LogP contribution is -2.40. The molecule has 1 fully saturated rings. The number of aliphatic hydroxyl groups is 1. The first-order chi connectivity index (χ1) is 13.4. The molecule has 0 aliphatic heterocycles. The normalized spacial score (nSPS) is 16.4. The topological polar surface area (TPSA) is 69.2 Å². The predicted octanol–water partition coefficient (Wildman–Crippen LogP) is 3.69. The number of thiophene rings is 1. The predicted molar refractivity (Wildman–Crippen MR) is 110 cm³/mol. The van der Waals surface area contributed by atoms with Gasteiger partial charge in [-0.25, -0.2) is 9.37 Å². The minimum absolute atomic E-state index is 0.272. The van der Waals surface area contributed by atoms with Crippen molar-refractivity contribution in [2.24, 2.45) is 0 Å². The first kappa shape index (κ1) is 19.0. The number of fused-ring (bicyclic) bond motifs is 1. The van der Waals surface area contributed by atoms with Crippen molar-refractivity contribution in [3.63, 3.8) is 0 Å². The molecule has 0 spiro atoms. The summed E-state index contributed by atoms with van der Waals surface area (Å²) >= 11 is 1.33. The summed E-state index contributed by atoms with van der Waals surface area (Å²) in [6.45, 7) is 6.27. The van der Waals surface area contributed by atoms with Crippen LogP contribution in [0.5, 0.6) is 0 Å². The highest BCUT2D eigenvalue weighted by Gasteiger charge is 2.33. The Hall–Kier alpha value is -2.35. The van der Waals surface area contributed by atoms with Gasteiger partial charge in [-0.2, -0.15) is 0 Å². The van der Waals surface area contributed by atoms with Crippen LogP contribution in [0.4, 0.5) is 4.39 Å². The molecule has 1 atom stereocenters. The van der Waals surface area contributed by atoms with E-state index in [1.807, 2.05) is 0 Å². The van der Waals surface area contributed by atoms with Gasteiger partial charge in [0.05, 0.1) is 17.5 Å². The molecule has 2 aromatic heterocycles. The van der Waals surface area contributed by atoms with E-state index < -0.39 is 5.60 Å². The van der Waals surface area contributed by atoms with Crippen molar-refractivity contribution in [3.8, 4) is 11.1 Å². The number of H-pyrrole nitrogens is 1. The minimum Gasteiger partial charge on any atom is -0.385 e. The molecule has 0 bridgehead atoms. The van der Waals surface area contributed by atoms with Crippen LogP contribution in [-0.4, -0.2) is 38.2 Å². The zero-order valence-electron chi connectivity index (χ0n) is 15.6. The molecule has 0 radical (unpaired) electrons. The molecule has 1 aliphatic carbocycles. The number of benzene rings is 1. The summed E-state index contributed by atoms with van der Waals surface area (Å²) in [5.41, 5.74) is -0.318. The third kappa shape index (κ3) is 3.78. The number of aromatic amines is 1. The van der Waals surface area contributed by atoms with E-state index in [1.54, 1.807) is 30.5 Å². The number of hydrogen-bond donors (Lipinski definition) is 2. The lowest BCUT2D eigenvalue weighted by Gasteiger charge is -2.29. The first-order valence-electron chi connectivity index (χ1n) is 9.23. The van der Waals surface area contributed by atoms with Crippen LogP contribution in [0.15, 0.2) is 47.1 Å². The molecule has 1 unspecified atom stereocenters. The molecule has 1 saturated carbocycles. The van der Waals surface area contributed by atoms with Crippen LogP contribution in [0, 0.1) is 5.82 Å². The molecule has 5 nitrogen and oxygen atoms in total. The quantitative estimate of drug-likeness (QED) is 0.595. The molecule has 146 valence electrons. The van der Waals surface area contributed by atoms with Crippen LogP contribution in [0.25, 0.3) is 21.3 Å². The van der Waals surface area contributed by atoms with Gasteiger partial charge in [-0.05, 0) is 25.8 Å². The van der Waals surface area contributed by atoms with Crippen molar-refractivity contribution in [2.45, 2.75) is 38.0 Å². The SMILES string of the molecule is C=CC(C)(O)CN(Cc1nc2scc(-c3ccccc3F)c2c(=O)[nH]1)C1CC1. The van der Waals surface area contributed by atoms with Gasteiger partial charge in [0.15, 0.2) is 0 Å². The molecule has 0 amide bonds. The Bertz CT molecular complexity index is 1080. The highest BCUT2D eigenvalue weighted by Crippen LogP contribution is 2.33. The molecule has 3 aromatic rings. The zero-order chi connectivity index (χ0) is 19.9. The van der Waals surface area contributed by atoms with Crippen LogP contribution in [0.3, 0.4) is 0 Å². The molecular weight excluding hydrogens is 377 g/mol. The summed E-state index contributed by atoms with van der Waals surface area (Å²) in [4.78, 5) is 22.9. The fourth-order valence-electron chi connectivity index (χ4n) is 3.37. The molecule has 2 N–H and O–H groups in total. The average molecular weight is 399 g/mol. The highest BCUT2D eigenvalue weighted by atomic mass is 32.1. The molecule has 28 heavy (non-hydrogen) atoms.